The highest BCUT2D eigenvalue weighted by molar-refractivity contribution is 5.58. The van der Waals surface area contributed by atoms with Crippen molar-refractivity contribution in [3.8, 4) is 17.6 Å². The van der Waals surface area contributed by atoms with Crippen LogP contribution >= 0.6 is 0 Å². The number of allylic oxidation sites excluding steroid dienone is 3. The van der Waals surface area contributed by atoms with Crippen molar-refractivity contribution in [2.45, 2.75) is 6.92 Å². The highest BCUT2D eigenvalue weighted by atomic mass is 16.5. The Bertz CT molecular complexity index is 481. The second-order valence-electron chi connectivity index (χ2n) is 3.47. The average Bonchev–Trinajstić information content (AvgIpc) is 2.36. The molecule has 0 aliphatic rings. The van der Waals surface area contributed by atoms with Crippen LogP contribution in [0.2, 0.25) is 0 Å². The van der Waals surface area contributed by atoms with Crippen LogP contribution in [0.15, 0.2) is 35.9 Å². The minimum Gasteiger partial charge on any atom is -0.493 e. The second kappa shape index (κ2) is 6.39. The van der Waals surface area contributed by atoms with Crippen molar-refractivity contribution in [3.63, 3.8) is 0 Å². The molecule has 1 rings (SSSR count). The maximum atomic E-state index is 8.49. The van der Waals surface area contributed by atoms with E-state index in [1.807, 2.05) is 43.3 Å². The summed E-state index contributed by atoms with van der Waals surface area (Å²) in [7, 11) is 3.21. The van der Waals surface area contributed by atoms with Gasteiger partial charge in [0.15, 0.2) is 11.5 Å². The molecule has 0 saturated carbocycles. The van der Waals surface area contributed by atoms with Crippen molar-refractivity contribution >= 4 is 6.08 Å². The van der Waals surface area contributed by atoms with Gasteiger partial charge in [0, 0.05) is 6.08 Å². The molecule has 0 aromatic heterocycles. The number of benzene rings is 1. The van der Waals surface area contributed by atoms with Gasteiger partial charge in [0.1, 0.15) is 0 Å². The standard InChI is InChI=1S/C14H15NO2/c1-11(8-9-15)4-5-12-6-7-13(16-2)14(10-12)17-3/h4-8,10H,1-3H3. The van der Waals surface area contributed by atoms with Crippen LogP contribution in [0.1, 0.15) is 12.5 Å². The minimum atomic E-state index is 0.691. The Kier molecular flexibility index (Phi) is 4.83. The van der Waals surface area contributed by atoms with E-state index in [4.69, 9.17) is 14.7 Å². The molecule has 0 spiro atoms. The Labute approximate surface area is 102 Å². The van der Waals surface area contributed by atoms with Crippen molar-refractivity contribution in [3.05, 3.63) is 41.5 Å². The van der Waals surface area contributed by atoms with Crippen LogP contribution in [0.5, 0.6) is 11.5 Å². The molecular weight excluding hydrogens is 214 g/mol. The van der Waals surface area contributed by atoms with Gasteiger partial charge in [-0.15, -0.1) is 0 Å². The van der Waals surface area contributed by atoms with Crippen LogP contribution in [-0.4, -0.2) is 14.2 Å². The number of methoxy groups -OCH3 is 2. The first kappa shape index (κ1) is 12.9. The summed E-state index contributed by atoms with van der Waals surface area (Å²) in [5.74, 6) is 1.39. The smallest absolute Gasteiger partial charge is 0.161 e. The molecule has 0 radical (unpaired) electrons. The van der Waals surface area contributed by atoms with Gasteiger partial charge in [-0.2, -0.15) is 5.26 Å². The Morgan fingerprint density at radius 1 is 1.24 bits per heavy atom. The molecule has 1 aromatic rings. The monoisotopic (exact) mass is 229 g/mol. The lowest BCUT2D eigenvalue weighted by Crippen LogP contribution is -1.90. The molecule has 3 nitrogen and oxygen atoms in total. The van der Waals surface area contributed by atoms with Gasteiger partial charge in [0.05, 0.1) is 20.3 Å². The van der Waals surface area contributed by atoms with Crippen LogP contribution < -0.4 is 9.47 Å². The van der Waals surface area contributed by atoms with E-state index in [0.29, 0.717) is 11.5 Å². The number of hydrogen-bond acceptors (Lipinski definition) is 3. The summed E-state index contributed by atoms with van der Waals surface area (Å²) in [5, 5.41) is 8.49. The molecule has 0 unspecified atom stereocenters. The Morgan fingerprint density at radius 3 is 2.53 bits per heavy atom. The van der Waals surface area contributed by atoms with Crippen LogP contribution in [0.25, 0.3) is 6.08 Å². The van der Waals surface area contributed by atoms with Gasteiger partial charge in [0.25, 0.3) is 0 Å². The first-order valence-corrected chi connectivity index (χ1v) is 5.17. The minimum absolute atomic E-state index is 0.691. The molecule has 17 heavy (non-hydrogen) atoms. The van der Waals surface area contributed by atoms with Crippen molar-refractivity contribution in [1.29, 1.82) is 5.26 Å². The first-order valence-electron chi connectivity index (χ1n) is 5.17. The Balaban J connectivity index is 2.94. The van der Waals surface area contributed by atoms with Crippen LogP contribution in [-0.2, 0) is 0 Å². The number of nitriles is 1. The summed E-state index contributed by atoms with van der Waals surface area (Å²) < 4.78 is 10.4. The summed E-state index contributed by atoms with van der Waals surface area (Å²) in [6, 6.07) is 7.65. The molecule has 0 amide bonds. The van der Waals surface area contributed by atoms with Crippen molar-refractivity contribution in [1.82, 2.24) is 0 Å². The molecule has 0 aliphatic carbocycles. The maximum Gasteiger partial charge on any atom is 0.161 e. The Hall–Kier alpha value is -2.21. The predicted octanol–water partition coefficient (Wildman–Crippen LogP) is 3.19. The maximum absolute atomic E-state index is 8.49. The largest absolute Gasteiger partial charge is 0.493 e. The molecule has 0 fully saturated rings. The molecule has 88 valence electrons. The molecule has 3 heteroatoms. The third-order valence-corrected chi connectivity index (χ3v) is 2.24. The third kappa shape index (κ3) is 3.69. The van der Waals surface area contributed by atoms with E-state index >= 15 is 0 Å². The van der Waals surface area contributed by atoms with E-state index in [-0.39, 0.29) is 0 Å². The van der Waals surface area contributed by atoms with E-state index in [1.165, 1.54) is 6.08 Å². The molecule has 0 bridgehead atoms. The summed E-state index contributed by atoms with van der Waals surface area (Å²) in [6.45, 7) is 1.88. The zero-order chi connectivity index (χ0) is 12.7. The Morgan fingerprint density at radius 2 is 1.94 bits per heavy atom. The normalized spacial score (nSPS) is 11.3. The van der Waals surface area contributed by atoms with Gasteiger partial charge >= 0.3 is 0 Å². The molecule has 0 aliphatic heterocycles. The van der Waals surface area contributed by atoms with E-state index in [2.05, 4.69) is 0 Å². The number of hydrogen-bond donors (Lipinski definition) is 0. The SMILES string of the molecule is COc1ccc(C=CC(C)=CC#N)cc1OC. The third-order valence-electron chi connectivity index (χ3n) is 2.24. The molecule has 1 aromatic carbocycles. The summed E-state index contributed by atoms with van der Waals surface area (Å²) >= 11 is 0. The number of nitrogens with zero attached hydrogens (tertiary/aromatic N) is 1. The average molecular weight is 229 g/mol. The lowest BCUT2D eigenvalue weighted by atomic mass is 10.1. The van der Waals surface area contributed by atoms with Gasteiger partial charge < -0.3 is 9.47 Å². The molecule has 0 heterocycles. The number of ether oxygens (including phenoxy) is 2. The topological polar surface area (TPSA) is 42.2 Å². The lowest BCUT2D eigenvalue weighted by Gasteiger charge is -2.07. The molecular formula is C14H15NO2. The summed E-state index contributed by atoms with van der Waals surface area (Å²) in [6.07, 6.45) is 5.30. The number of rotatable bonds is 4. The fourth-order valence-electron chi connectivity index (χ4n) is 1.33. The van der Waals surface area contributed by atoms with Crippen molar-refractivity contribution in [2.75, 3.05) is 14.2 Å². The predicted molar refractivity (Wildman–Crippen MR) is 68.0 cm³/mol. The van der Waals surface area contributed by atoms with E-state index in [0.717, 1.165) is 11.1 Å². The van der Waals surface area contributed by atoms with Crippen LogP contribution in [0.4, 0.5) is 0 Å². The van der Waals surface area contributed by atoms with Gasteiger partial charge in [-0.3, -0.25) is 0 Å². The van der Waals surface area contributed by atoms with E-state index in [1.54, 1.807) is 14.2 Å². The molecule has 0 atom stereocenters. The van der Waals surface area contributed by atoms with Crippen LogP contribution in [0, 0.1) is 11.3 Å². The fraction of sp³-hybridized carbons (Fsp3) is 0.214. The molecule has 0 N–H and O–H groups in total. The highest BCUT2D eigenvalue weighted by Crippen LogP contribution is 2.28. The van der Waals surface area contributed by atoms with E-state index < -0.39 is 0 Å². The summed E-state index contributed by atoms with van der Waals surface area (Å²) in [4.78, 5) is 0. The quantitative estimate of drug-likeness (QED) is 0.588. The van der Waals surface area contributed by atoms with Crippen molar-refractivity contribution in [2.24, 2.45) is 0 Å². The van der Waals surface area contributed by atoms with Gasteiger partial charge in [-0.25, -0.2) is 0 Å². The van der Waals surface area contributed by atoms with Crippen molar-refractivity contribution < 1.29 is 9.47 Å². The second-order valence-corrected chi connectivity index (χ2v) is 3.47. The lowest BCUT2D eigenvalue weighted by molar-refractivity contribution is 0.355. The highest BCUT2D eigenvalue weighted by Gasteiger charge is 2.02. The fourth-order valence-corrected chi connectivity index (χ4v) is 1.33. The zero-order valence-corrected chi connectivity index (χ0v) is 10.2. The zero-order valence-electron chi connectivity index (χ0n) is 10.2. The van der Waals surface area contributed by atoms with Gasteiger partial charge in [0.2, 0.25) is 0 Å². The summed E-state index contributed by atoms with van der Waals surface area (Å²) in [5.41, 5.74) is 1.90. The van der Waals surface area contributed by atoms with Gasteiger partial charge in [-0.05, 0) is 30.2 Å². The van der Waals surface area contributed by atoms with Gasteiger partial charge in [-0.1, -0.05) is 18.2 Å². The molecule has 0 saturated heterocycles. The first-order chi connectivity index (χ1) is 8.21. The van der Waals surface area contributed by atoms with Crippen LogP contribution in [0.3, 0.4) is 0 Å². The van der Waals surface area contributed by atoms with E-state index in [9.17, 15) is 0 Å².